The first kappa shape index (κ1) is 5.51. The van der Waals surface area contributed by atoms with Gasteiger partial charge in [-0.2, -0.15) is 10.2 Å². The van der Waals surface area contributed by atoms with Crippen LogP contribution in [0.4, 0.5) is 0 Å². The van der Waals surface area contributed by atoms with Crippen molar-refractivity contribution in [1.29, 1.82) is 5.26 Å². The molecule has 0 aromatic carbocycles. The van der Waals surface area contributed by atoms with Crippen molar-refractivity contribution in [2.75, 3.05) is 0 Å². The minimum atomic E-state index is -0.492. The third-order valence-corrected chi connectivity index (χ3v) is 0.785. The normalized spacial score (nSPS) is 8.33. The first-order chi connectivity index (χ1) is 4.33. The highest BCUT2D eigenvalue weighted by Crippen LogP contribution is 1.80. The number of hydrogen-bond acceptors (Lipinski definition) is 3. The lowest BCUT2D eigenvalue weighted by Crippen LogP contribution is -2.09. The second kappa shape index (κ2) is 2.09. The van der Waals surface area contributed by atoms with E-state index in [1.807, 2.05) is 0 Å². The maximum Gasteiger partial charge on any atom is 0.346 e. The molecule has 0 amide bonds. The standard InChI is InChI=1S/C5H3N3O/c6-3-4-1-2-7-5(9)8-4/h1-2H,(H,7,8,9). The van der Waals surface area contributed by atoms with Gasteiger partial charge in [-0.05, 0) is 6.07 Å². The number of aromatic nitrogens is 2. The fourth-order valence-corrected chi connectivity index (χ4v) is 0.433. The quantitative estimate of drug-likeness (QED) is 0.509. The lowest BCUT2D eigenvalue weighted by Gasteiger charge is -1.80. The molecule has 0 unspecified atom stereocenters. The smallest absolute Gasteiger partial charge is 0.313 e. The van der Waals surface area contributed by atoms with Crippen LogP contribution in [0.25, 0.3) is 0 Å². The van der Waals surface area contributed by atoms with Gasteiger partial charge in [-0.15, -0.1) is 0 Å². The Hall–Kier alpha value is -1.63. The predicted octanol–water partition coefficient (Wildman–Crippen LogP) is -0.358. The van der Waals surface area contributed by atoms with E-state index in [2.05, 4.69) is 9.97 Å². The van der Waals surface area contributed by atoms with E-state index in [0.29, 0.717) is 0 Å². The van der Waals surface area contributed by atoms with Crippen molar-refractivity contribution >= 4 is 0 Å². The largest absolute Gasteiger partial charge is 0.346 e. The third-order valence-electron chi connectivity index (χ3n) is 0.785. The molecule has 1 rings (SSSR count). The highest BCUT2D eigenvalue weighted by Gasteiger charge is 1.87. The van der Waals surface area contributed by atoms with Crippen LogP contribution in [0.3, 0.4) is 0 Å². The van der Waals surface area contributed by atoms with Gasteiger partial charge in [-0.25, -0.2) is 4.79 Å². The summed E-state index contributed by atoms with van der Waals surface area (Å²) in [5.41, 5.74) is -0.354. The molecule has 0 aliphatic heterocycles. The molecule has 1 heterocycles. The summed E-state index contributed by atoms with van der Waals surface area (Å²) < 4.78 is 0. The maximum atomic E-state index is 10.3. The van der Waals surface area contributed by atoms with Crippen LogP contribution in [0.2, 0.25) is 0 Å². The molecule has 0 spiro atoms. The number of nitrogens with one attached hydrogen (secondary N) is 1. The summed E-state index contributed by atoms with van der Waals surface area (Å²) in [6, 6.07) is 3.17. The molecule has 4 heteroatoms. The summed E-state index contributed by atoms with van der Waals surface area (Å²) in [5.74, 6) is 0. The van der Waals surface area contributed by atoms with E-state index >= 15 is 0 Å². The highest BCUT2D eigenvalue weighted by atomic mass is 16.1. The first-order valence-electron chi connectivity index (χ1n) is 2.29. The van der Waals surface area contributed by atoms with Crippen LogP contribution in [0.15, 0.2) is 17.1 Å². The van der Waals surface area contributed by atoms with E-state index in [1.54, 1.807) is 6.07 Å². The van der Waals surface area contributed by atoms with Crippen molar-refractivity contribution in [2.24, 2.45) is 0 Å². The Kier molecular flexibility index (Phi) is 1.28. The van der Waals surface area contributed by atoms with Crippen molar-refractivity contribution in [3.63, 3.8) is 0 Å². The van der Waals surface area contributed by atoms with Crippen LogP contribution < -0.4 is 5.69 Å². The summed E-state index contributed by atoms with van der Waals surface area (Å²) in [4.78, 5) is 15.9. The number of aromatic amines is 1. The Labute approximate surface area is 50.8 Å². The van der Waals surface area contributed by atoms with Crippen molar-refractivity contribution in [2.45, 2.75) is 0 Å². The molecule has 1 aromatic rings. The number of H-pyrrole nitrogens is 1. The van der Waals surface area contributed by atoms with Gasteiger partial charge in [0, 0.05) is 6.20 Å². The zero-order valence-electron chi connectivity index (χ0n) is 4.46. The average molecular weight is 121 g/mol. The van der Waals surface area contributed by atoms with Gasteiger partial charge >= 0.3 is 5.69 Å². The first-order valence-corrected chi connectivity index (χ1v) is 2.29. The van der Waals surface area contributed by atoms with E-state index in [4.69, 9.17) is 5.26 Å². The summed E-state index contributed by atoms with van der Waals surface area (Å²) in [5, 5.41) is 8.20. The van der Waals surface area contributed by atoms with E-state index in [0.717, 1.165) is 0 Å². The van der Waals surface area contributed by atoms with Gasteiger partial charge in [-0.1, -0.05) is 0 Å². The SMILES string of the molecule is N#Cc1cc[nH]c(=O)n1. The number of nitriles is 1. The lowest BCUT2D eigenvalue weighted by atomic mass is 10.5. The van der Waals surface area contributed by atoms with Crippen molar-refractivity contribution in [3.8, 4) is 6.07 Å². The fourth-order valence-electron chi connectivity index (χ4n) is 0.433. The second-order valence-corrected chi connectivity index (χ2v) is 1.39. The molecule has 1 aromatic heterocycles. The zero-order chi connectivity index (χ0) is 6.69. The van der Waals surface area contributed by atoms with E-state index in [-0.39, 0.29) is 5.69 Å². The van der Waals surface area contributed by atoms with E-state index < -0.39 is 5.69 Å². The summed E-state index contributed by atoms with van der Waals surface area (Å²) in [6.07, 6.45) is 1.38. The highest BCUT2D eigenvalue weighted by molar-refractivity contribution is 5.15. The summed E-state index contributed by atoms with van der Waals surface area (Å²) in [7, 11) is 0. The van der Waals surface area contributed by atoms with Crippen LogP contribution in [0.1, 0.15) is 5.69 Å². The van der Waals surface area contributed by atoms with E-state index in [1.165, 1.54) is 12.3 Å². The predicted molar refractivity (Wildman–Crippen MR) is 29.6 cm³/mol. The molecule has 1 N–H and O–H groups in total. The Balaban J connectivity index is 3.28. The molecule has 0 radical (unpaired) electrons. The van der Waals surface area contributed by atoms with Crippen molar-refractivity contribution in [1.82, 2.24) is 9.97 Å². The molecule has 0 fully saturated rings. The lowest BCUT2D eigenvalue weighted by molar-refractivity contribution is 1.05. The van der Waals surface area contributed by atoms with Crippen LogP contribution in [0.5, 0.6) is 0 Å². The van der Waals surface area contributed by atoms with Gasteiger partial charge in [-0.3, -0.25) is 0 Å². The molecule has 4 nitrogen and oxygen atoms in total. The van der Waals surface area contributed by atoms with E-state index in [9.17, 15) is 4.79 Å². The Bertz CT molecular complexity index is 296. The molecule has 44 valence electrons. The van der Waals surface area contributed by atoms with Crippen LogP contribution in [0, 0.1) is 11.3 Å². The van der Waals surface area contributed by atoms with Crippen molar-refractivity contribution < 1.29 is 0 Å². The van der Waals surface area contributed by atoms with Gasteiger partial charge < -0.3 is 4.98 Å². The number of rotatable bonds is 0. The molecule has 9 heavy (non-hydrogen) atoms. The topological polar surface area (TPSA) is 69.5 Å². The molecular weight excluding hydrogens is 118 g/mol. The Morgan fingerprint density at radius 3 is 3.00 bits per heavy atom. The van der Waals surface area contributed by atoms with Crippen LogP contribution in [-0.4, -0.2) is 9.97 Å². The third kappa shape index (κ3) is 1.13. The number of hydrogen-bond donors (Lipinski definition) is 1. The minimum Gasteiger partial charge on any atom is -0.313 e. The van der Waals surface area contributed by atoms with Crippen molar-refractivity contribution in [3.05, 3.63) is 28.4 Å². The maximum absolute atomic E-state index is 10.3. The molecule has 0 bridgehead atoms. The van der Waals surface area contributed by atoms with Gasteiger partial charge in [0.2, 0.25) is 0 Å². The molecule has 0 aliphatic rings. The van der Waals surface area contributed by atoms with Gasteiger partial charge in [0.05, 0.1) is 0 Å². The summed E-state index contributed by atoms with van der Waals surface area (Å²) >= 11 is 0. The molecule has 0 saturated heterocycles. The van der Waals surface area contributed by atoms with Gasteiger partial charge in [0.15, 0.2) is 0 Å². The van der Waals surface area contributed by atoms with Crippen LogP contribution in [-0.2, 0) is 0 Å². The second-order valence-electron chi connectivity index (χ2n) is 1.39. The summed E-state index contributed by atoms with van der Waals surface area (Å²) in [6.45, 7) is 0. The van der Waals surface area contributed by atoms with Gasteiger partial charge in [0.25, 0.3) is 0 Å². The molecule has 0 aliphatic carbocycles. The zero-order valence-corrected chi connectivity index (χ0v) is 4.46. The fraction of sp³-hybridized carbons (Fsp3) is 0. The Morgan fingerprint density at radius 1 is 1.78 bits per heavy atom. The molecular formula is C5H3N3O. The monoisotopic (exact) mass is 121 g/mol. The molecule has 0 saturated carbocycles. The molecule has 0 atom stereocenters. The minimum absolute atomic E-state index is 0.138. The van der Waals surface area contributed by atoms with Crippen LogP contribution >= 0.6 is 0 Å². The Morgan fingerprint density at radius 2 is 2.56 bits per heavy atom. The average Bonchev–Trinajstić information content (AvgIpc) is 1.88. The number of nitrogens with zero attached hydrogens (tertiary/aromatic N) is 2. The van der Waals surface area contributed by atoms with Gasteiger partial charge in [0.1, 0.15) is 11.8 Å².